The zero-order chi connectivity index (χ0) is 22.9. The van der Waals surface area contributed by atoms with E-state index in [1.165, 1.54) is 12.1 Å². The lowest BCUT2D eigenvalue weighted by atomic mass is 10.0. The first-order chi connectivity index (χ1) is 16.0. The van der Waals surface area contributed by atoms with Crippen LogP contribution in [0.2, 0.25) is 0 Å². The van der Waals surface area contributed by atoms with Crippen molar-refractivity contribution in [3.05, 3.63) is 99.8 Å². The molecule has 0 saturated carbocycles. The molecule has 9 heteroatoms. The first kappa shape index (κ1) is 21.0. The second kappa shape index (κ2) is 8.59. The summed E-state index contributed by atoms with van der Waals surface area (Å²) in [6.45, 7) is 2.44. The zero-order valence-corrected chi connectivity index (χ0v) is 18.9. The molecule has 0 spiro atoms. The van der Waals surface area contributed by atoms with E-state index in [1.54, 1.807) is 52.8 Å². The van der Waals surface area contributed by atoms with Crippen molar-refractivity contribution in [2.24, 2.45) is 7.05 Å². The number of carbonyl (C=O) groups is 1. The Bertz CT molecular complexity index is 1420. The van der Waals surface area contributed by atoms with Crippen molar-refractivity contribution in [1.82, 2.24) is 29.6 Å². The number of benzene rings is 1. The number of hydrogen-bond acceptors (Lipinski definition) is 5. The van der Waals surface area contributed by atoms with Crippen LogP contribution in [-0.4, -0.2) is 30.2 Å². The van der Waals surface area contributed by atoms with E-state index < -0.39 is 6.04 Å². The number of aromatic nitrogens is 5. The normalized spacial score (nSPS) is 12.2. The smallest absolute Gasteiger partial charge is 0.253 e. The summed E-state index contributed by atoms with van der Waals surface area (Å²) in [5.74, 6) is 0.0251. The Kier molecular flexibility index (Phi) is 5.47. The minimum atomic E-state index is -0.553. The van der Waals surface area contributed by atoms with Gasteiger partial charge in [0, 0.05) is 30.0 Å². The summed E-state index contributed by atoms with van der Waals surface area (Å²) in [5.41, 5.74) is 2.59. The SMILES string of the molecule is Cc1cc(C(=O)NC(c2ccc(F)cc2)c2nccn2C)c2cnn(Cc3cccs3)c2n1. The number of fused-ring (bicyclic) bond motifs is 1. The second-order valence-electron chi connectivity index (χ2n) is 7.78. The molecule has 166 valence electrons. The summed E-state index contributed by atoms with van der Waals surface area (Å²) in [4.78, 5) is 23.7. The largest absolute Gasteiger partial charge is 0.338 e. The average Bonchev–Trinajstić information content (AvgIpc) is 3.55. The summed E-state index contributed by atoms with van der Waals surface area (Å²) in [6.07, 6.45) is 5.15. The summed E-state index contributed by atoms with van der Waals surface area (Å²) < 4.78 is 17.2. The number of nitrogens with one attached hydrogen (secondary N) is 1. The van der Waals surface area contributed by atoms with Crippen molar-refractivity contribution in [2.45, 2.75) is 19.5 Å². The molecule has 1 amide bonds. The van der Waals surface area contributed by atoms with Crippen LogP contribution < -0.4 is 5.32 Å². The molecule has 1 aromatic carbocycles. The molecule has 1 N–H and O–H groups in total. The fourth-order valence-corrected chi connectivity index (χ4v) is 4.53. The monoisotopic (exact) mass is 460 g/mol. The highest BCUT2D eigenvalue weighted by molar-refractivity contribution is 7.09. The third-order valence-corrected chi connectivity index (χ3v) is 6.32. The Morgan fingerprint density at radius 1 is 1.24 bits per heavy atom. The quantitative estimate of drug-likeness (QED) is 0.411. The van der Waals surface area contributed by atoms with Crippen molar-refractivity contribution in [3.8, 4) is 0 Å². The van der Waals surface area contributed by atoms with Crippen LogP contribution in [0.25, 0.3) is 11.0 Å². The maximum absolute atomic E-state index is 13.5. The van der Waals surface area contributed by atoms with Gasteiger partial charge in [-0.25, -0.2) is 19.0 Å². The molecular formula is C24H21FN6OS. The van der Waals surface area contributed by atoms with Gasteiger partial charge in [-0.3, -0.25) is 4.79 Å². The summed E-state index contributed by atoms with van der Waals surface area (Å²) in [5, 5.41) is 10.3. The van der Waals surface area contributed by atoms with Crippen LogP contribution in [0.3, 0.4) is 0 Å². The first-order valence-corrected chi connectivity index (χ1v) is 11.3. The highest BCUT2D eigenvalue weighted by Gasteiger charge is 2.24. The molecule has 1 unspecified atom stereocenters. The first-order valence-electron chi connectivity index (χ1n) is 10.4. The molecule has 4 heterocycles. The summed E-state index contributed by atoms with van der Waals surface area (Å²) in [6, 6.07) is 11.3. The molecule has 4 aromatic heterocycles. The van der Waals surface area contributed by atoms with E-state index in [9.17, 15) is 9.18 Å². The van der Waals surface area contributed by atoms with Gasteiger partial charge in [-0.2, -0.15) is 5.10 Å². The molecule has 33 heavy (non-hydrogen) atoms. The van der Waals surface area contributed by atoms with E-state index in [-0.39, 0.29) is 11.7 Å². The van der Waals surface area contributed by atoms with Gasteiger partial charge in [0.1, 0.15) is 17.7 Å². The molecule has 0 aliphatic rings. The predicted molar refractivity (Wildman–Crippen MR) is 125 cm³/mol. The Morgan fingerprint density at radius 2 is 2.06 bits per heavy atom. The van der Waals surface area contributed by atoms with Crippen LogP contribution in [0.1, 0.15) is 38.4 Å². The van der Waals surface area contributed by atoms with E-state index in [4.69, 9.17) is 0 Å². The number of amides is 1. The van der Waals surface area contributed by atoms with Gasteiger partial charge in [0.15, 0.2) is 5.65 Å². The van der Waals surface area contributed by atoms with Gasteiger partial charge >= 0.3 is 0 Å². The molecule has 0 aliphatic heterocycles. The molecular weight excluding hydrogens is 439 g/mol. The highest BCUT2D eigenvalue weighted by atomic mass is 32.1. The molecule has 0 fully saturated rings. The lowest BCUT2D eigenvalue weighted by molar-refractivity contribution is 0.0942. The Labute approximate surface area is 193 Å². The maximum atomic E-state index is 13.5. The fourth-order valence-electron chi connectivity index (χ4n) is 3.84. The van der Waals surface area contributed by atoms with Crippen LogP contribution >= 0.6 is 11.3 Å². The van der Waals surface area contributed by atoms with Gasteiger partial charge in [-0.15, -0.1) is 11.3 Å². The molecule has 5 aromatic rings. The second-order valence-corrected chi connectivity index (χ2v) is 8.82. The lowest BCUT2D eigenvalue weighted by Gasteiger charge is -2.19. The third kappa shape index (κ3) is 4.14. The number of carbonyl (C=O) groups excluding carboxylic acids is 1. The van der Waals surface area contributed by atoms with E-state index in [2.05, 4.69) is 20.4 Å². The van der Waals surface area contributed by atoms with Crippen LogP contribution in [0, 0.1) is 12.7 Å². The maximum Gasteiger partial charge on any atom is 0.253 e. The standard InChI is InChI=1S/C24H21FN6OS/c1-15-12-19(20-13-27-31(22(20)28-15)14-18-4-3-11-33-18)24(32)29-21(23-26-9-10-30(23)2)16-5-7-17(25)8-6-16/h3-13,21H,14H2,1-2H3,(H,29,32). The minimum absolute atomic E-state index is 0.279. The fraction of sp³-hybridized carbons (Fsp3) is 0.167. The topological polar surface area (TPSA) is 77.6 Å². The number of aryl methyl sites for hydroxylation is 2. The van der Waals surface area contributed by atoms with E-state index in [0.29, 0.717) is 29.0 Å². The molecule has 0 bridgehead atoms. The zero-order valence-electron chi connectivity index (χ0n) is 18.1. The molecule has 1 atom stereocenters. The van der Waals surface area contributed by atoms with Crippen LogP contribution in [0.4, 0.5) is 4.39 Å². The Morgan fingerprint density at radius 3 is 2.76 bits per heavy atom. The predicted octanol–water partition coefficient (Wildman–Crippen LogP) is 4.24. The number of rotatable bonds is 6. The number of thiophene rings is 1. The van der Waals surface area contributed by atoms with Crippen molar-refractivity contribution < 1.29 is 9.18 Å². The molecule has 7 nitrogen and oxygen atoms in total. The average molecular weight is 461 g/mol. The van der Waals surface area contributed by atoms with E-state index >= 15 is 0 Å². The number of imidazole rings is 1. The van der Waals surface area contributed by atoms with Crippen LogP contribution in [0.15, 0.2) is 66.4 Å². The Balaban J connectivity index is 1.52. The third-order valence-electron chi connectivity index (χ3n) is 5.46. The van der Waals surface area contributed by atoms with Gasteiger partial charge < -0.3 is 9.88 Å². The Hall–Kier alpha value is -3.85. The lowest BCUT2D eigenvalue weighted by Crippen LogP contribution is -2.31. The molecule has 0 saturated heterocycles. The van der Waals surface area contributed by atoms with Crippen molar-refractivity contribution in [3.63, 3.8) is 0 Å². The van der Waals surface area contributed by atoms with Crippen molar-refractivity contribution in [2.75, 3.05) is 0 Å². The number of hydrogen-bond donors (Lipinski definition) is 1. The van der Waals surface area contributed by atoms with Gasteiger partial charge in [0.2, 0.25) is 0 Å². The number of halogens is 1. The van der Waals surface area contributed by atoms with Crippen molar-refractivity contribution in [1.29, 1.82) is 0 Å². The molecule has 0 aliphatic carbocycles. The number of pyridine rings is 1. The van der Waals surface area contributed by atoms with Gasteiger partial charge in [0.05, 0.1) is 23.7 Å². The summed E-state index contributed by atoms with van der Waals surface area (Å²) in [7, 11) is 1.86. The summed E-state index contributed by atoms with van der Waals surface area (Å²) >= 11 is 1.65. The van der Waals surface area contributed by atoms with Crippen LogP contribution in [-0.2, 0) is 13.6 Å². The van der Waals surface area contributed by atoms with Crippen LogP contribution in [0.5, 0.6) is 0 Å². The van der Waals surface area contributed by atoms with E-state index in [0.717, 1.165) is 16.1 Å². The highest BCUT2D eigenvalue weighted by Crippen LogP contribution is 2.24. The number of nitrogens with zero attached hydrogens (tertiary/aromatic N) is 5. The molecule has 0 radical (unpaired) electrons. The van der Waals surface area contributed by atoms with Crippen molar-refractivity contribution >= 4 is 28.3 Å². The van der Waals surface area contributed by atoms with Gasteiger partial charge in [0.25, 0.3) is 5.91 Å². The van der Waals surface area contributed by atoms with Gasteiger partial charge in [-0.1, -0.05) is 18.2 Å². The van der Waals surface area contributed by atoms with E-state index in [1.807, 2.05) is 36.1 Å². The minimum Gasteiger partial charge on any atom is -0.338 e. The molecule has 5 rings (SSSR count). The van der Waals surface area contributed by atoms with Gasteiger partial charge in [-0.05, 0) is 42.1 Å².